The van der Waals surface area contributed by atoms with Gasteiger partial charge in [-0.25, -0.2) is 4.99 Å². The van der Waals surface area contributed by atoms with Gasteiger partial charge >= 0.3 is 5.97 Å². The number of isothiocyanates is 1. The number of nitrogens with zero attached hydrogens (tertiary/aromatic N) is 3. The van der Waals surface area contributed by atoms with Gasteiger partial charge in [-0.05, 0) is 43.5 Å². The number of aryl methyl sites for hydroxylation is 1. The van der Waals surface area contributed by atoms with Gasteiger partial charge in [-0.2, -0.15) is 0 Å². The second-order valence-electron chi connectivity index (χ2n) is 6.22. The molecule has 136 valence electrons. The number of carbonyl (C=O) groups is 1. The van der Waals surface area contributed by atoms with Gasteiger partial charge in [0, 0.05) is 25.9 Å². The van der Waals surface area contributed by atoms with Crippen LogP contribution in [0.5, 0.6) is 0 Å². The van der Waals surface area contributed by atoms with Crippen molar-refractivity contribution in [3.8, 4) is 5.69 Å². The van der Waals surface area contributed by atoms with Crippen LogP contribution in [0.25, 0.3) is 5.69 Å². The van der Waals surface area contributed by atoms with Crippen molar-refractivity contribution in [1.29, 1.82) is 0 Å². The number of ether oxygens (including phenoxy) is 2. The topological polar surface area (TPSA) is 57.8 Å². The highest BCUT2D eigenvalue weighted by Gasteiger charge is 2.42. The standard InChI is InChI=1S/C18H19N3O3S2/c1-11-4-6-13(7-5-11)21-8-15(20(3)18(21)26)17-16(24-12(2)22)14(9-23-17)19-10-25/h4-8,14,16-17H,9H2,1-3H3/t14-,16+,17-/m0/s1. The van der Waals surface area contributed by atoms with Gasteiger partial charge in [-0.15, -0.1) is 0 Å². The summed E-state index contributed by atoms with van der Waals surface area (Å²) in [6, 6.07) is 7.70. The summed E-state index contributed by atoms with van der Waals surface area (Å²) in [6.45, 7) is 3.70. The first-order valence-electron chi connectivity index (χ1n) is 8.13. The molecule has 6 nitrogen and oxygen atoms in total. The molecule has 0 bridgehead atoms. The van der Waals surface area contributed by atoms with Crippen LogP contribution in [-0.4, -0.2) is 39.0 Å². The average Bonchev–Trinajstić information content (AvgIpc) is 3.11. The molecule has 0 saturated carbocycles. The molecule has 3 atom stereocenters. The van der Waals surface area contributed by atoms with Gasteiger partial charge in [0.25, 0.3) is 0 Å². The minimum absolute atomic E-state index is 0.300. The van der Waals surface area contributed by atoms with Gasteiger partial charge in [-0.1, -0.05) is 17.7 Å². The third kappa shape index (κ3) is 3.54. The van der Waals surface area contributed by atoms with E-state index < -0.39 is 18.2 Å². The number of hydrogen-bond donors (Lipinski definition) is 0. The van der Waals surface area contributed by atoms with E-state index in [2.05, 4.69) is 10.2 Å². The Morgan fingerprint density at radius 1 is 1.38 bits per heavy atom. The first-order valence-corrected chi connectivity index (χ1v) is 8.95. The van der Waals surface area contributed by atoms with E-state index in [1.807, 2.05) is 53.6 Å². The monoisotopic (exact) mass is 389 g/mol. The van der Waals surface area contributed by atoms with E-state index >= 15 is 0 Å². The van der Waals surface area contributed by atoms with Gasteiger partial charge < -0.3 is 14.0 Å². The summed E-state index contributed by atoms with van der Waals surface area (Å²) < 4.78 is 15.7. The molecule has 2 heterocycles. The molecule has 0 N–H and O–H groups in total. The lowest BCUT2D eigenvalue weighted by Crippen LogP contribution is -2.30. The molecule has 0 radical (unpaired) electrons. The Labute approximate surface area is 162 Å². The third-order valence-corrected chi connectivity index (χ3v) is 4.97. The molecule has 1 fully saturated rings. The van der Waals surface area contributed by atoms with E-state index in [9.17, 15) is 4.79 Å². The van der Waals surface area contributed by atoms with Crippen molar-refractivity contribution in [2.24, 2.45) is 12.0 Å². The fraction of sp³-hybridized carbons (Fsp3) is 0.389. The summed E-state index contributed by atoms with van der Waals surface area (Å²) in [5, 5.41) is 2.35. The van der Waals surface area contributed by atoms with E-state index in [-0.39, 0.29) is 6.04 Å². The number of aliphatic imine (C=N–C) groups is 1. The summed E-state index contributed by atoms with van der Waals surface area (Å²) in [5.41, 5.74) is 2.94. The Bertz CT molecular complexity index is 926. The van der Waals surface area contributed by atoms with E-state index in [0.717, 1.165) is 11.4 Å². The number of thiocarbonyl (C=S) groups is 1. The summed E-state index contributed by atoms with van der Waals surface area (Å²) in [6.07, 6.45) is 0.865. The number of hydrogen-bond acceptors (Lipinski definition) is 6. The number of carbonyl (C=O) groups excluding carboxylic acids is 1. The van der Waals surface area contributed by atoms with Crippen molar-refractivity contribution in [3.05, 3.63) is 46.5 Å². The van der Waals surface area contributed by atoms with Crippen LogP contribution >= 0.6 is 24.4 Å². The number of aromatic nitrogens is 2. The highest BCUT2D eigenvalue weighted by Crippen LogP contribution is 2.34. The first-order chi connectivity index (χ1) is 12.4. The zero-order valence-corrected chi connectivity index (χ0v) is 16.3. The Balaban J connectivity index is 2.02. The van der Waals surface area contributed by atoms with Crippen LogP contribution in [0.1, 0.15) is 24.3 Å². The van der Waals surface area contributed by atoms with Crippen LogP contribution in [0.15, 0.2) is 35.5 Å². The molecule has 0 amide bonds. The van der Waals surface area contributed by atoms with E-state index in [0.29, 0.717) is 11.4 Å². The predicted octanol–water partition coefficient (Wildman–Crippen LogP) is 3.33. The fourth-order valence-electron chi connectivity index (χ4n) is 3.06. The van der Waals surface area contributed by atoms with Crippen LogP contribution in [-0.2, 0) is 21.3 Å². The quantitative estimate of drug-likeness (QED) is 0.456. The largest absolute Gasteiger partial charge is 0.457 e. The molecule has 1 aromatic carbocycles. The van der Waals surface area contributed by atoms with Crippen molar-refractivity contribution >= 4 is 35.6 Å². The van der Waals surface area contributed by atoms with Gasteiger partial charge in [0.05, 0.1) is 17.5 Å². The SMILES string of the molecule is CC(=O)O[C@@H]1[C@@H](N=C=S)CO[C@H]1c1cn(-c2ccc(C)cc2)c(=S)n1C. The molecule has 0 unspecified atom stereocenters. The van der Waals surface area contributed by atoms with Gasteiger partial charge in [0.15, 0.2) is 10.9 Å². The number of imidazole rings is 1. The molecule has 26 heavy (non-hydrogen) atoms. The molecule has 1 aromatic heterocycles. The maximum absolute atomic E-state index is 11.5. The Morgan fingerprint density at radius 2 is 2.08 bits per heavy atom. The first kappa shape index (κ1) is 18.7. The minimum Gasteiger partial charge on any atom is -0.457 e. The van der Waals surface area contributed by atoms with Crippen LogP contribution < -0.4 is 0 Å². The molecule has 2 aromatic rings. The maximum Gasteiger partial charge on any atom is 0.303 e. The lowest BCUT2D eigenvalue weighted by atomic mass is 10.1. The highest BCUT2D eigenvalue weighted by molar-refractivity contribution is 7.78. The maximum atomic E-state index is 11.5. The van der Waals surface area contributed by atoms with Gasteiger partial charge in [0.2, 0.25) is 0 Å². The number of benzene rings is 1. The lowest BCUT2D eigenvalue weighted by Gasteiger charge is -2.20. The van der Waals surface area contributed by atoms with Crippen molar-refractivity contribution in [2.75, 3.05) is 6.61 Å². The van der Waals surface area contributed by atoms with Crippen LogP contribution in [0.3, 0.4) is 0 Å². The Hall–Kier alpha value is -2.12. The van der Waals surface area contributed by atoms with Crippen LogP contribution in [0, 0.1) is 11.7 Å². The molecular weight excluding hydrogens is 370 g/mol. The minimum atomic E-state index is -0.572. The summed E-state index contributed by atoms with van der Waals surface area (Å²) >= 11 is 10.3. The molecule has 3 rings (SSSR count). The summed E-state index contributed by atoms with van der Waals surface area (Å²) in [5.74, 6) is -0.394. The van der Waals surface area contributed by atoms with Crippen molar-refractivity contribution in [3.63, 3.8) is 0 Å². The Morgan fingerprint density at radius 3 is 2.69 bits per heavy atom. The second-order valence-corrected chi connectivity index (χ2v) is 6.76. The predicted molar refractivity (Wildman–Crippen MR) is 103 cm³/mol. The molecule has 0 aliphatic carbocycles. The normalized spacial score (nSPS) is 22.0. The number of esters is 1. The third-order valence-electron chi connectivity index (χ3n) is 4.39. The smallest absolute Gasteiger partial charge is 0.303 e. The lowest BCUT2D eigenvalue weighted by molar-refractivity contribution is -0.149. The zero-order chi connectivity index (χ0) is 18.8. The molecule has 1 saturated heterocycles. The molecular formula is C18H19N3O3S2. The molecule has 0 spiro atoms. The van der Waals surface area contributed by atoms with E-state index in [1.165, 1.54) is 12.5 Å². The van der Waals surface area contributed by atoms with Crippen molar-refractivity contribution < 1.29 is 14.3 Å². The van der Waals surface area contributed by atoms with Gasteiger partial charge in [0.1, 0.15) is 12.1 Å². The molecule has 1 aliphatic heterocycles. The fourth-order valence-corrected chi connectivity index (χ4v) is 3.46. The summed E-state index contributed by atoms with van der Waals surface area (Å²) in [4.78, 5) is 15.6. The van der Waals surface area contributed by atoms with E-state index in [4.69, 9.17) is 33.9 Å². The number of rotatable bonds is 4. The van der Waals surface area contributed by atoms with Crippen LogP contribution in [0.2, 0.25) is 0 Å². The zero-order valence-electron chi connectivity index (χ0n) is 14.7. The van der Waals surface area contributed by atoms with Crippen molar-refractivity contribution in [2.45, 2.75) is 32.1 Å². The van der Waals surface area contributed by atoms with Crippen molar-refractivity contribution in [1.82, 2.24) is 9.13 Å². The van der Waals surface area contributed by atoms with Crippen LogP contribution in [0.4, 0.5) is 0 Å². The highest BCUT2D eigenvalue weighted by atomic mass is 32.1. The Kier molecular flexibility index (Phi) is 5.48. The average molecular weight is 390 g/mol. The van der Waals surface area contributed by atoms with E-state index in [1.54, 1.807) is 0 Å². The second kappa shape index (κ2) is 7.63. The van der Waals surface area contributed by atoms with Gasteiger partial charge in [-0.3, -0.25) is 9.36 Å². The molecule has 1 aliphatic rings. The summed E-state index contributed by atoms with van der Waals surface area (Å²) in [7, 11) is 1.87. The molecule has 8 heteroatoms.